The Morgan fingerprint density at radius 2 is 1.96 bits per heavy atom. The number of halogens is 1. The van der Waals surface area contributed by atoms with Crippen LogP contribution >= 0.6 is 11.6 Å². The van der Waals surface area contributed by atoms with E-state index in [1.165, 1.54) is 5.56 Å². The van der Waals surface area contributed by atoms with Gasteiger partial charge in [-0.25, -0.2) is 0 Å². The second-order valence-electron chi connectivity index (χ2n) is 6.13. The van der Waals surface area contributed by atoms with Crippen molar-refractivity contribution < 1.29 is 14.6 Å². The number of rotatable bonds is 6. The van der Waals surface area contributed by atoms with Crippen LogP contribution in [0, 0.1) is 0 Å². The molecular formula is C20H23ClN2O3. The van der Waals surface area contributed by atoms with Crippen LogP contribution in [0.15, 0.2) is 47.5 Å². The van der Waals surface area contributed by atoms with Crippen molar-refractivity contribution in [3.8, 4) is 11.5 Å². The third-order valence-corrected chi connectivity index (χ3v) is 4.72. The average Bonchev–Trinajstić information content (AvgIpc) is 2.69. The van der Waals surface area contributed by atoms with Crippen molar-refractivity contribution in [1.82, 2.24) is 4.90 Å². The molecule has 1 fully saturated rings. The van der Waals surface area contributed by atoms with Gasteiger partial charge in [-0.3, -0.25) is 9.89 Å². The lowest BCUT2D eigenvalue weighted by atomic mass is 10.0. The summed E-state index contributed by atoms with van der Waals surface area (Å²) in [5.74, 6) is 1.01. The van der Waals surface area contributed by atoms with Crippen molar-refractivity contribution in [3.63, 3.8) is 0 Å². The summed E-state index contributed by atoms with van der Waals surface area (Å²) in [7, 11) is 1.66. The maximum absolute atomic E-state index is 9.93. The van der Waals surface area contributed by atoms with Gasteiger partial charge in [-0.05, 0) is 35.9 Å². The molecule has 3 rings (SSSR count). The molecule has 0 amide bonds. The van der Waals surface area contributed by atoms with Gasteiger partial charge in [0.1, 0.15) is 11.5 Å². The Bertz CT molecular complexity index is 743. The van der Waals surface area contributed by atoms with Crippen molar-refractivity contribution >= 4 is 17.8 Å². The second kappa shape index (κ2) is 9.03. The molecule has 1 heterocycles. The van der Waals surface area contributed by atoms with Crippen LogP contribution in [0.3, 0.4) is 0 Å². The van der Waals surface area contributed by atoms with Gasteiger partial charge in [0.05, 0.1) is 32.9 Å². The molecule has 5 nitrogen and oxygen atoms in total. The van der Waals surface area contributed by atoms with Gasteiger partial charge in [0.25, 0.3) is 0 Å². The van der Waals surface area contributed by atoms with E-state index in [1.54, 1.807) is 31.5 Å². The number of ether oxygens (including phenoxy) is 2. The lowest BCUT2D eigenvalue weighted by Gasteiger charge is -2.34. The predicted molar refractivity (Wildman–Crippen MR) is 104 cm³/mol. The molecule has 0 saturated carbocycles. The average molecular weight is 375 g/mol. The number of phenols is 1. The van der Waals surface area contributed by atoms with Gasteiger partial charge in [0.2, 0.25) is 0 Å². The first kappa shape index (κ1) is 18.7. The zero-order valence-corrected chi connectivity index (χ0v) is 15.5. The van der Waals surface area contributed by atoms with E-state index in [4.69, 9.17) is 21.1 Å². The zero-order valence-electron chi connectivity index (χ0n) is 14.8. The van der Waals surface area contributed by atoms with Crippen LogP contribution < -0.4 is 4.74 Å². The molecule has 26 heavy (non-hydrogen) atoms. The van der Waals surface area contributed by atoms with Gasteiger partial charge < -0.3 is 14.6 Å². The molecule has 0 unspecified atom stereocenters. The largest absolute Gasteiger partial charge is 0.507 e. The van der Waals surface area contributed by atoms with Crippen LogP contribution in [0.2, 0.25) is 5.02 Å². The molecule has 1 N–H and O–H groups in total. The Kier molecular flexibility index (Phi) is 6.50. The summed E-state index contributed by atoms with van der Waals surface area (Å²) in [6.07, 6.45) is 1.68. The first-order valence-corrected chi connectivity index (χ1v) is 8.99. The molecule has 6 heteroatoms. The molecule has 1 aliphatic rings. The number of morpholine rings is 1. The molecule has 1 aliphatic heterocycles. The van der Waals surface area contributed by atoms with Gasteiger partial charge in [0, 0.05) is 29.9 Å². The molecule has 2 aromatic rings. The molecular weight excluding hydrogens is 352 g/mol. The quantitative estimate of drug-likeness (QED) is 0.786. The Hall–Kier alpha value is -2.08. The number of aromatic hydroxyl groups is 1. The maximum atomic E-state index is 9.93. The Morgan fingerprint density at radius 1 is 1.23 bits per heavy atom. The van der Waals surface area contributed by atoms with Crippen LogP contribution in [0.5, 0.6) is 11.5 Å². The van der Waals surface area contributed by atoms with E-state index in [-0.39, 0.29) is 11.8 Å². The van der Waals surface area contributed by atoms with Crippen molar-refractivity contribution in [1.29, 1.82) is 0 Å². The van der Waals surface area contributed by atoms with Gasteiger partial charge in [-0.1, -0.05) is 23.7 Å². The van der Waals surface area contributed by atoms with E-state index < -0.39 is 0 Å². The summed E-state index contributed by atoms with van der Waals surface area (Å²) in [6, 6.07) is 13.2. The third kappa shape index (κ3) is 4.75. The number of hydrogen-bond donors (Lipinski definition) is 1. The van der Waals surface area contributed by atoms with E-state index in [9.17, 15) is 5.11 Å². The topological polar surface area (TPSA) is 54.3 Å². The van der Waals surface area contributed by atoms with Gasteiger partial charge >= 0.3 is 0 Å². The van der Waals surface area contributed by atoms with Crippen LogP contribution in [0.1, 0.15) is 17.2 Å². The molecule has 0 bridgehead atoms. The molecule has 1 atom stereocenters. The van der Waals surface area contributed by atoms with E-state index in [2.05, 4.69) is 22.0 Å². The Balaban J connectivity index is 1.78. The maximum Gasteiger partial charge on any atom is 0.124 e. The number of benzene rings is 2. The van der Waals surface area contributed by atoms with E-state index in [0.717, 1.165) is 32.1 Å². The van der Waals surface area contributed by atoms with Crippen molar-refractivity contribution in [2.75, 3.05) is 40.0 Å². The van der Waals surface area contributed by atoms with Gasteiger partial charge in [0.15, 0.2) is 0 Å². The minimum atomic E-state index is 0.141. The summed E-state index contributed by atoms with van der Waals surface area (Å²) in [5.41, 5.74) is 1.80. The Labute approximate surface area is 158 Å². The van der Waals surface area contributed by atoms with Crippen molar-refractivity contribution in [2.45, 2.75) is 6.04 Å². The normalized spacial score (nSPS) is 16.7. The summed E-state index contributed by atoms with van der Waals surface area (Å²) < 4.78 is 10.7. The highest BCUT2D eigenvalue weighted by Gasteiger charge is 2.22. The number of hydrogen-bond acceptors (Lipinski definition) is 5. The summed E-state index contributed by atoms with van der Waals surface area (Å²) in [4.78, 5) is 6.96. The lowest BCUT2D eigenvalue weighted by Crippen LogP contribution is -2.40. The molecule has 0 aromatic heterocycles. The summed E-state index contributed by atoms with van der Waals surface area (Å²) >= 11 is 6.00. The number of nitrogens with zero attached hydrogens (tertiary/aromatic N) is 2. The molecule has 2 aromatic carbocycles. The monoisotopic (exact) mass is 374 g/mol. The predicted octanol–water partition coefficient (Wildman–Crippen LogP) is 3.55. The number of aliphatic imine (C=N–C) groups is 1. The first-order chi connectivity index (χ1) is 12.7. The van der Waals surface area contributed by atoms with E-state index >= 15 is 0 Å². The third-order valence-electron chi connectivity index (χ3n) is 4.49. The summed E-state index contributed by atoms with van der Waals surface area (Å²) in [5, 5.41) is 10.5. The van der Waals surface area contributed by atoms with Crippen molar-refractivity contribution in [3.05, 3.63) is 58.6 Å². The molecule has 0 aliphatic carbocycles. The minimum Gasteiger partial charge on any atom is -0.507 e. The second-order valence-corrected chi connectivity index (χ2v) is 6.57. The molecule has 0 spiro atoms. The van der Waals surface area contributed by atoms with Crippen LogP contribution in [0.25, 0.3) is 0 Å². The van der Waals surface area contributed by atoms with Gasteiger partial charge in [-0.2, -0.15) is 0 Å². The van der Waals surface area contributed by atoms with Gasteiger partial charge in [-0.15, -0.1) is 0 Å². The highest BCUT2D eigenvalue weighted by molar-refractivity contribution is 6.30. The minimum absolute atomic E-state index is 0.141. The van der Waals surface area contributed by atoms with Crippen molar-refractivity contribution in [2.24, 2.45) is 4.99 Å². The fraction of sp³-hybridized carbons (Fsp3) is 0.350. The number of methoxy groups -OCH3 is 1. The van der Waals surface area contributed by atoms with E-state index in [1.807, 2.05) is 12.1 Å². The highest BCUT2D eigenvalue weighted by Crippen LogP contribution is 2.25. The van der Waals surface area contributed by atoms with E-state index in [0.29, 0.717) is 17.1 Å². The fourth-order valence-electron chi connectivity index (χ4n) is 3.03. The number of phenolic OH excluding ortho intramolecular Hbond substituents is 1. The van der Waals surface area contributed by atoms with Crippen LogP contribution in [-0.4, -0.2) is 56.2 Å². The SMILES string of the molecule is COc1ccc([C@@H](CN=Cc2cc(Cl)ccc2O)N2CCOCC2)cc1. The lowest BCUT2D eigenvalue weighted by molar-refractivity contribution is 0.0180. The highest BCUT2D eigenvalue weighted by atomic mass is 35.5. The van der Waals surface area contributed by atoms with Crippen LogP contribution in [0.4, 0.5) is 0 Å². The zero-order chi connectivity index (χ0) is 18.4. The standard InChI is InChI=1S/C20H23ClN2O3/c1-25-18-5-2-15(3-6-18)19(23-8-10-26-11-9-23)14-22-13-16-12-17(21)4-7-20(16)24/h2-7,12-13,19,24H,8-11,14H2,1H3/t19-/m1/s1. The fourth-order valence-corrected chi connectivity index (χ4v) is 3.21. The Morgan fingerprint density at radius 3 is 2.65 bits per heavy atom. The van der Waals surface area contributed by atoms with Crippen LogP contribution in [-0.2, 0) is 4.74 Å². The molecule has 1 saturated heterocycles. The summed E-state index contributed by atoms with van der Waals surface area (Å²) in [6.45, 7) is 3.78. The molecule has 0 radical (unpaired) electrons. The molecule has 138 valence electrons. The first-order valence-electron chi connectivity index (χ1n) is 8.61. The smallest absolute Gasteiger partial charge is 0.124 e.